The monoisotopic (exact) mass is 897 g/mol. The second-order valence-electron chi connectivity index (χ2n) is 18.5. The average Bonchev–Trinajstić information content (AvgIpc) is 3.29. The van der Waals surface area contributed by atoms with Crippen molar-refractivity contribution >= 4 is 17.9 Å². The molecule has 1 atom stereocenters. The Morgan fingerprint density at radius 1 is 0.312 bits per heavy atom. The Labute approximate surface area is 397 Å². The minimum atomic E-state index is -0.793. The molecule has 6 heteroatoms. The van der Waals surface area contributed by atoms with Crippen LogP contribution in [-0.4, -0.2) is 37.2 Å². The first-order valence-electron chi connectivity index (χ1n) is 27.6. The highest BCUT2D eigenvalue weighted by Gasteiger charge is 2.19. The molecule has 0 fully saturated rings. The van der Waals surface area contributed by atoms with Crippen LogP contribution in [0.5, 0.6) is 0 Å². The summed E-state index contributed by atoms with van der Waals surface area (Å²) in [5.41, 5.74) is 0. The number of unbranched alkanes of at least 4 members (excludes halogenated alkanes) is 31. The molecule has 64 heavy (non-hydrogen) atoms. The fraction of sp³-hybridized carbons (Fsp3) is 0.810. The SMILES string of the molecule is CCCCC/C=C\CCCCCCCC(=O)OCC(COC(=O)CCC/C=C\C/C=C\C/C=C\CCCCCCCC)OC(=O)CCCCCCCCCCCCCCCCCCC. The number of hydrogen-bond donors (Lipinski definition) is 0. The summed E-state index contributed by atoms with van der Waals surface area (Å²) in [4.78, 5) is 38.0. The molecule has 0 heterocycles. The molecular weight excluding hydrogens is 793 g/mol. The van der Waals surface area contributed by atoms with Crippen molar-refractivity contribution in [3.05, 3.63) is 48.6 Å². The van der Waals surface area contributed by atoms with Crippen molar-refractivity contribution in [3.8, 4) is 0 Å². The van der Waals surface area contributed by atoms with E-state index in [9.17, 15) is 14.4 Å². The van der Waals surface area contributed by atoms with E-state index in [-0.39, 0.29) is 31.1 Å². The van der Waals surface area contributed by atoms with Crippen LogP contribution < -0.4 is 0 Å². The van der Waals surface area contributed by atoms with Gasteiger partial charge in [-0.1, -0.05) is 236 Å². The number of rotatable bonds is 50. The molecule has 0 N–H and O–H groups in total. The van der Waals surface area contributed by atoms with Gasteiger partial charge in [0.2, 0.25) is 0 Å². The Bertz CT molecular complexity index is 1120. The normalized spacial score (nSPS) is 12.4. The quantitative estimate of drug-likeness (QED) is 0.0262. The molecule has 0 rings (SSSR count). The van der Waals surface area contributed by atoms with Gasteiger partial charge < -0.3 is 14.2 Å². The number of allylic oxidation sites excluding steroid dienone is 8. The molecule has 0 aliphatic heterocycles. The van der Waals surface area contributed by atoms with Crippen LogP contribution in [-0.2, 0) is 28.6 Å². The zero-order valence-electron chi connectivity index (χ0n) is 42.6. The summed E-state index contributed by atoms with van der Waals surface area (Å²) in [6.07, 6.45) is 63.9. The van der Waals surface area contributed by atoms with Gasteiger partial charge in [-0.15, -0.1) is 0 Å². The lowest BCUT2D eigenvalue weighted by molar-refractivity contribution is -0.167. The summed E-state index contributed by atoms with van der Waals surface area (Å²) in [7, 11) is 0. The van der Waals surface area contributed by atoms with Gasteiger partial charge in [-0.25, -0.2) is 0 Å². The summed E-state index contributed by atoms with van der Waals surface area (Å²) in [6.45, 7) is 6.58. The van der Waals surface area contributed by atoms with Crippen molar-refractivity contribution in [2.24, 2.45) is 0 Å². The number of hydrogen-bond acceptors (Lipinski definition) is 6. The fourth-order valence-corrected chi connectivity index (χ4v) is 7.87. The lowest BCUT2D eigenvalue weighted by Crippen LogP contribution is -2.30. The number of ether oxygens (including phenoxy) is 3. The molecule has 1 unspecified atom stereocenters. The van der Waals surface area contributed by atoms with E-state index in [4.69, 9.17) is 14.2 Å². The van der Waals surface area contributed by atoms with Crippen molar-refractivity contribution in [1.29, 1.82) is 0 Å². The number of esters is 3. The summed E-state index contributed by atoms with van der Waals surface area (Å²) >= 11 is 0. The van der Waals surface area contributed by atoms with Gasteiger partial charge in [0, 0.05) is 19.3 Å². The van der Waals surface area contributed by atoms with Gasteiger partial charge >= 0.3 is 17.9 Å². The van der Waals surface area contributed by atoms with Crippen molar-refractivity contribution in [1.82, 2.24) is 0 Å². The van der Waals surface area contributed by atoms with Gasteiger partial charge in [-0.05, 0) is 77.0 Å². The van der Waals surface area contributed by atoms with Crippen LogP contribution in [0.15, 0.2) is 48.6 Å². The predicted octanol–water partition coefficient (Wildman–Crippen LogP) is 18.3. The Morgan fingerprint density at radius 2 is 0.578 bits per heavy atom. The van der Waals surface area contributed by atoms with Gasteiger partial charge in [0.05, 0.1) is 0 Å². The highest BCUT2D eigenvalue weighted by Crippen LogP contribution is 2.16. The molecule has 0 aromatic carbocycles. The Hall–Kier alpha value is -2.63. The minimum absolute atomic E-state index is 0.0906. The Balaban J connectivity index is 4.41. The van der Waals surface area contributed by atoms with E-state index < -0.39 is 6.10 Å². The topological polar surface area (TPSA) is 78.9 Å². The second-order valence-corrected chi connectivity index (χ2v) is 18.5. The largest absolute Gasteiger partial charge is 0.462 e. The van der Waals surface area contributed by atoms with Crippen LogP contribution in [0.25, 0.3) is 0 Å². The predicted molar refractivity (Wildman–Crippen MR) is 275 cm³/mol. The molecule has 0 bridgehead atoms. The molecule has 0 saturated carbocycles. The van der Waals surface area contributed by atoms with Crippen LogP contribution in [0.4, 0.5) is 0 Å². The summed E-state index contributed by atoms with van der Waals surface area (Å²) in [6, 6.07) is 0. The third-order valence-corrected chi connectivity index (χ3v) is 12.1. The molecule has 372 valence electrons. The van der Waals surface area contributed by atoms with E-state index in [1.54, 1.807) is 0 Å². The lowest BCUT2D eigenvalue weighted by atomic mass is 10.0. The third kappa shape index (κ3) is 50.4. The Morgan fingerprint density at radius 3 is 0.984 bits per heavy atom. The standard InChI is InChI=1S/C58H104O6/c1-4-7-10-13-16-19-22-25-27-29-31-33-36-39-42-45-48-51-57(60)63-54-55(53-62-56(59)50-47-44-41-38-35-24-21-18-15-12-9-6-3)64-58(61)52-49-46-43-40-37-34-32-30-28-26-23-20-17-14-11-8-5-2/h18,21,25,27,31,33,39,42,55H,4-17,19-20,22-24,26,28-30,32,34-38,40-41,43-54H2,1-3H3/b21-18-,27-25-,33-31-,42-39-. The summed E-state index contributed by atoms with van der Waals surface area (Å²) < 4.78 is 16.8. The highest BCUT2D eigenvalue weighted by atomic mass is 16.6. The molecule has 0 saturated heterocycles. The van der Waals surface area contributed by atoms with E-state index in [1.165, 1.54) is 173 Å². The molecule has 0 aromatic rings. The van der Waals surface area contributed by atoms with Gasteiger partial charge in [-0.2, -0.15) is 0 Å². The van der Waals surface area contributed by atoms with E-state index in [0.29, 0.717) is 25.7 Å². The van der Waals surface area contributed by atoms with E-state index in [1.807, 2.05) is 0 Å². The molecule has 0 aliphatic carbocycles. The molecule has 6 nitrogen and oxygen atoms in total. The highest BCUT2D eigenvalue weighted by molar-refractivity contribution is 5.71. The maximum atomic E-state index is 12.8. The van der Waals surface area contributed by atoms with E-state index in [2.05, 4.69) is 69.4 Å². The van der Waals surface area contributed by atoms with Crippen LogP contribution in [0.1, 0.15) is 284 Å². The fourth-order valence-electron chi connectivity index (χ4n) is 7.87. The maximum Gasteiger partial charge on any atom is 0.306 e. The summed E-state index contributed by atoms with van der Waals surface area (Å²) in [5, 5.41) is 0. The average molecular weight is 897 g/mol. The maximum absolute atomic E-state index is 12.8. The zero-order chi connectivity index (χ0) is 46.5. The van der Waals surface area contributed by atoms with Gasteiger partial charge in [-0.3, -0.25) is 14.4 Å². The van der Waals surface area contributed by atoms with Crippen molar-refractivity contribution < 1.29 is 28.6 Å². The molecule has 0 spiro atoms. The van der Waals surface area contributed by atoms with E-state index in [0.717, 1.165) is 64.2 Å². The third-order valence-electron chi connectivity index (χ3n) is 12.1. The van der Waals surface area contributed by atoms with Crippen molar-refractivity contribution in [2.75, 3.05) is 13.2 Å². The molecule has 0 aromatic heterocycles. The smallest absolute Gasteiger partial charge is 0.306 e. The molecule has 0 amide bonds. The van der Waals surface area contributed by atoms with Gasteiger partial charge in [0.15, 0.2) is 6.10 Å². The first-order valence-corrected chi connectivity index (χ1v) is 27.6. The first-order chi connectivity index (χ1) is 31.5. The molecule has 0 radical (unpaired) electrons. The number of carbonyl (C=O) groups is 3. The van der Waals surface area contributed by atoms with Gasteiger partial charge in [0.25, 0.3) is 0 Å². The van der Waals surface area contributed by atoms with Crippen LogP contribution >= 0.6 is 0 Å². The van der Waals surface area contributed by atoms with Crippen LogP contribution in [0.3, 0.4) is 0 Å². The molecule has 0 aliphatic rings. The van der Waals surface area contributed by atoms with Crippen molar-refractivity contribution in [2.45, 2.75) is 290 Å². The Kier molecular flexibility index (Phi) is 50.8. The first kappa shape index (κ1) is 61.4. The van der Waals surface area contributed by atoms with Crippen LogP contribution in [0.2, 0.25) is 0 Å². The second kappa shape index (κ2) is 53.0. The zero-order valence-corrected chi connectivity index (χ0v) is 42.6. The van der Waals surface area contributed by atoms with Crippen molar-refractivity contribution in [3.63, 3.8) is 0 Å². The van der Waals surface area contributed by atoms with E-state index >= 15 is 0 Å². The van der Waals surface area contributed by atoms with Crippen LogP contribution in [0, 0.1) is 0 Å². The summed E-state index contributed by atoms with van der Waals surface area (Å²) in [5.74, 6) is -0.942. The lowest BCUT2D eigenvalue weighted by Gasteiger charge is -2.18. The van der Waals surface area contributed by atoms with Gasteiger partial charge in [0.1, 0.15) is 13.2 Å². The minimum Gasteiger partial charge on any atom is -0.462 e. The molecular formula is C58H104O6. The number of carbonyl (C=O) groups excluding carboxylic acids is 3.